The van der Waals surface area contributed by atoms with Crippen LogP contribution in [0.15, 0.2) is 71.5 Å². The number of hydrogen-bond acceptors (Lipinski definition) is 2. The van der Waals surface area contributed by atoms with Gasteiger partial charge in [0.1, 0.15) is 5.69 Å². The van der Waals surface area contributed by atoms with Gasteiger partial charge in [0.2, 0.25) is 0 Å². The lowest BCUT2D eigenvalue weighted by molar-refractivity contribution is 1.22. The molecule has 0 aliphatic carbocycles. The fraction of sp³-hybridized carbons (Fsp3) is 0. The Morgan fingerprint density at radius 2 is 1.57 bits per heavy atom. The zero-order valence-corrected chi connectivity index (χ0v) is 11.2. The topological polar surface area (TPSA) is 45.8 Å². The number of rotatable bonds is 1. The van der Waals surface area contributed by atoms with Crippen molar-refractivity contribution >= 4 is 21.8 Å². The highest BCUT2D eigenvalue weighted by molar-refractivity contribution is 5.87. The minimum absolute atomic E-state index is 0.163. The molecule has 0 unspecified atom stereocenters. The third-order valence-electron chi connectivity index (χ3n) is 3.62. The van der Waals surface area contributed by atoms with E-state index in [1.54, 1.807) is 0 Å². The van der Waals surface area contributed by atoms with Crippen LogP contribution in [-0.4, -0.2) is 9.97 Å². The highest BCUT2D eigenvalue weighted by Gasteiger charge is 2.07. The average molecular weight is 272 g/mol. The lowest BCUT2D eigenvalue weighted by Gasteiger charge is -2.04. The molecule has 0 spiro atoms. The van der Waals surface area contributed by atoms with Gasteiger partial charge in [-0.25, -0.2) is 4.98 Å². The van der Waals surface area contributed by atoms with E-state index in [9.17, 15) is 4.79 Å². The summed E-state index contributed by atoms with van der Waals surface area (Å²) in [5, 5.41) is 2.25. The van der Waals surface area contributed by atoms with Crippen molar-refractivity contribution in [2.45, 2.75) is 0 Å². The van der Waals surface area contributed by atoms with E-state index in [1.807, 2.05) is 60.7 Å². The van der Waals surface area contributed by atoms with Gasteiger partial charge in [0.05, 0.1) is 11.0 Å². The van der Waals surface area contributed by atoms with Crippen LogP contribution in [0.4, 0.5) is 0 Å². The standard InChI is InChI=1S/C18H12N2O/c21-18-17(19-15-7-3-4-8-16(15)20-18)14-10-9-12-5-1-2-6-13(12)11-14/h1-11H,(H,20,21). The molecule has 1 heterocycles. The summed E-state index contributed by atoms with van der Waals surface area (Å²) in [5.41, 5.74) is 2.68. The molecule has 0 atom stereocenters. The summed E-state index contributed by atoms with van der Waals surface area (Å²) < 4.78 is 0. The van der Waals surface area contributed by atoms with Crippen molar-refractivity contribution < 1.29 is 0 Å². The maximum Gasteiger partial charge on any atom is 0.274 e. The predicted molar refractivity (Wildman–Crippen MR) is 85.3 cm³/mol. The van der Waals surface area contributed by atoms with Gasteiger partial charge in [-0.05, 0) is 29.0 Å². The SMILES string of the molecule is O=c1[nH]c2ccccc2nc1-c1ccc2ccccc2c1. The van der Waals surface area contributed by atoms with E-state index < -0.39 is 0 Å². The number of para-hydroxylation sites is 2. The molecule has 0 saturated carbocycles. The van der Waals surface area contributed by atoms with Crippen LogP contribution in [0, 0.1) is 0 Å². The monoisotopic (exact) mass is 272 g/mol. The average Bonchev–Trinajstić information content (AvgIpc) is 2.54. The molecule has 0 amide bonds. The lowest BCUT2D eigenvalue weighted by Crippen LogP contribution is -2.11. The number of nitrogens with one attached hydrogen (secondary N) is 1. The van der Waals surface area contributed by atoms with Crippen molar-refractivity contribution in [3.05, 3.63) is 77.1 Å². The van der Waals surface area contributed by atoms with E-state index in [-0.39, 0.29) is 5.56 Å². The van der Waals surface area contributed by atoms with Crippen LogP contribution in [-0.2, 0) is 0 Å². The van der Waals surface area contributed by atoms with Crippen molar-refractivity contribution in [3.8, 4) is 11.3 Å². The largest absolute Gasteiger partial charge is 0.319 e. The molecular formula is C18H12N2O. The minimum atomic E-state index is -0.163. The summed E-state index contributed by atoms with van der Waals surface area (Å²) in [5.74, 6) is 0. The normalized spacial score (nSPS) is 11.0. The molecular weight excluding hydrogens is 260 g/mol. The van der Waals surface area contributed by atoms with E-state index in [2.05, 4.69) is 16.0 Å². The smallest absolute Gasteiger partial charge is 0.274 e. The molecule has 0 aliphatic rings. The molecule has 0 fully saturated rings. The summed E-state index contributed by atoms with van der Waals surface area (Å²) in [6, 6.07) is 21.6. The van der Waals surface area contributed by atoms with Crippen LogP contribution in [0.3, 0.4) is 0 Å². The molecule has 0 aliphatic heterocycles. The van der Waals surface area contributed by atoms with Gasteiger partial charge in [-0.2, -0.15) is 0 Å². The van der Waals surface area contributed by atoms with Gasteiger partial charge in [-0.1, -0.05) is 48.5 Å². The Morgan fingerprint density at radius 3 is 2.48 bits per heavy atom. The van der Waals surface area contributed by atoms with E-state index in [0.717, 1.165) is 27.4 Å². The quantitative estimate of drug-likeness (QED) is 0.573. The number of aromatic nitrogens is 2. The number of fused-ring (bicyclic) bond motifs is 2. The Kier molecular flexibility index (Phi) is 2.57. The first-order valence-corrected chi connectivity index (χ1v) is 6.79. The Balaban J connectivity index is 1.99. The molecule has 3 heteroatoms. The van der Waals surface area contributed by atoms with Crippen LogP contribution in [0.2, 0.25) is 0 Å². The number of hydrogen-bond donors (Lipinski definition) is 1. The molecule has 21 heavy (non-hydrogen) atoms. The molecule has 0 bridgehead atoms. The second-order valence-electron chi connectivity index (χ2n) is 4.99. The summed E-state index contributed by atoms with van der Waals surface area (Å²) in [6.07, 6.45) is 0. The van der Waals surface area contributed by atoms with Crippen LogP contribution < -0.4 is 5.56 Å². The third-order valence-corrected chi connectivity index (χ3v) is 3.62. The summed E-state index contributed by atoms with van der Waals surface area (Å²) in [7, 11) is 0. The zero-order valence-electron chi connectivity index (χ0n) is 11.2. The van der Waals surface area contributed by atoms with Crippen molar-refractivity contribution in [1.29, 1.82) is 0 Å². The molecule has 3 nitrogen and oxygen atoms in total. The summed E-state index contributed by atoms with van der Waals surface area (Å²) in [4.78, 5) is 19.6. The van der Waals surface area contributed by atoms with E-state index >= 15 is 0 Å². The van der Waals surface area contributed by atoms with Crippen molar-refractivity contribution in [1.82, 2.24) is 9.97 Å². The van der Waals surface area contributed by atoms with Crippen molar-refractivity contribution in [3.63, 3.8) is 0 Å². The maximum absolute atomic E-state index is 12.3. The van der Waals surface area contributed by atoms with E-state index in [4.69, 9.17) is 0 Å². The first-order chi connectivity index (χ1) is 10.3. The fourth-order valence-electron chi connectivity index (χ4n) is 2.56. The Labute approximate surface area is 120 Å². The highest BCUT2D eigenvalue weighted by Crippen LogP contribution is 2.21. The van der Waals surface area contributed by atoms with Gasteiger partial charge in [-0.15, -0.1) is 0 Å². The van der Waals surface area contributed by atoms with Crippen molar-refractivity contribution in [2.75, 3.05) is 0 Å². The van der Waals surface area contributed by atoms with Gasteiger partial charge >= 0.3 is 0 Å². The minimum Gasteiger partial charge on any atom is -0.319 e. The maximum atomic E-state index is 12.3. The van der Waals surface area contributed by atoms with Crippen LogP contribution in [0.5, 0.6) is 0 Å². The molecule has 0 saturated heterocycles. The molecule has 4 aromatic rings. The van der Waals surface area contributed by atoms with Crippen LogP contribution in [0.1, 0.15) is 0 Å². The zero-order chi connectivity index (χ0) is 14.2. The second-order valence-corrected chi connectivity index (χ2v) is 4.99. The Hall–Kier alpha value is -2.94. The van der Waals surface area contributed by atoms with E-state index in [1.165, 1.54) is 0 Å². The Bertz CT molecular complexity index is 1020. The first-order valence-electron chi connectivity index (χ1n) is 6.79. The number of nitrogens with zero attached hydrogens (tertiary/aromatic N) is 1. The fourth-order valence-corrected chi connectivity index (χ4v) is 2.56. The number of H-pyrrole nitrogens is 1. The predicted octanol–water partition coefficient (Wildman–Crippen LogP) is 3.74. The van der Waals surface area contributed by atoms with Crippen molar-refractivity contribution in [2.24, 2.45) is 0 Å². The molecule has 100 valence electrons. The number of benzene rings is 3. The molecule has 3 aromatic carbocycles. The first kappa shape index (κ1) is 11.9. The van der Waals surface area contributed by atoms with Crippen LogP contribution in [0.25, 0.3) is 33.1 Å². The van der Waals surface area contributed by atoms with Gasteiger partial charge < -0.3 is 4.98 Å². The van der Waals surface area contributed by atoms with Gasteiger partial charge in [0.15, 0.2) is 0 Å². The summed E-state index contributed by atoms with van der Waals surface area (Å²) >= 11 is 0. The highest BCUT2D eigenvalue weighted by atomic mass is 16.1. The summed E-state index contributed by atoms with van der Waals surface area (Å²) in [6.45, 7) is 0. The van der Waals surface area contributed by atoms with Crippen LogP contribution >= 0.6 is 0 Å². The molecule has 0 radical (unpaired) electrons. The Morgan fingerprint density at radius 1 is 0.810 bits per heavy atom. The second kappa shape index (κ2) is 4.56. The van der Waals surface area contributed by atoms with Gasteiger partial charge in [0, 0.05) is 5.56 Å². The van der Waals surface area contributed by atoms with Gasteiger partial charge in [-0.3, -0.25) is 4.79 Å². The third kappa shape index (κ3) is 1.99. The molecule has 4 rings (SSSR count). The van der Waals surface area contributed by atoms with Gasteiger partial charge in [0.25, 0.3) is 5.56 Å². The molecule has 1 aromatic heterocycles. The van der Waals surface area contributed by atoms with E-state index in [0.29, 0.717) is 5.69 Å². The lowest BCUT2D eigenvalue weighted by atomic mass is 10.1. The number of aromatic amines is 1. The molecule has 1 N–H and O–H groups in total.